The van der Waals surface area contributed by atoms with Crippen LogP contribution in [-0.2, 0) is 11.2 Å². The van der Waals surface area contributed by atoms with Crippen LogP contribution >= 0.6 is 0 Å². The van der Waals surface area contributed by atoms with Gasteiger partial charge in [-0.05, 0) is 45.5 Å². The number of hydrogen-bond donors (Lipinski definition) is 1. The maximum atomic E-state index is 5.87. The Morgan fingerprint density at radius 2 is 1.95 bits per heavy atom. The second-order valence-corrected chi connectivity index (χ2v) is 5.59. The van der Waals surface area contributed by atoms with E-state index in [9.17, 15) is 0 Å². The molecule has 1 aromatic rings. The molecular weight excluding hydrogens is 264 g/mol. The Hall–Kier alpha value is -1.04. The van der Waals surface area contributed by atoms with E-state index in [1.165, 1.54) is 5.56 Å². The maximum absolute atomic E-state index is 5.87. The number of aryl methyl sites for hydroxylation is 2. The Morgan fingerprint density at radius 3 is 2.57 bits per heavy atom. The summed E-state index contributed by atoms with van der Waals surface area (Å²) < 4.78 is 5.87. The Bertz CT molecular complexity index is 441. The highest BCUT2D eigenvalue weighted by Gasteiger charge is 2.24. The zero-order chi connectivity index (χ0) is 15.2. The molecular formula is C16H28N4O. The van der Waals surface area contributed by atoms with Gasteiger partial charge < -0.3 is 10.1 Å². The van der Waals surface area contributed by atoms with Gasteiger partial charge in [-0.3, -0.25) is 4.90 Å². The van der Waals surface area contributed by atoms with Gasteiger partial charge in [-0.2, -0.15) is 0 Å². The number of aromatic nitrogens is 2. The molecule has 0 amide bonds. The highest BCUT2D eigenvalue weighted by Crippen LogP contribution is 2.21. The lowest BCUT2D eigenvalue weighted by atomic mass is 10.1. The summed E-state index contributed by atoms with van der Waals surface area (Å²) in [6.45, 7) is 14.2. The standard InChI is InChI=1S/C16H28N4O/c1-5-17-8-7-14-12(3)18-16(19-13(14)4)15-11-20(6-2)9-10-21-15/h15,17H,5-11H2,1-4H3. The van der Waals surface area contributed by atoms with Crippen molar-refractivity contribution in [1.29, 1.82) is 0 Å². The lowest BCUT2D eigenvalue weighted by Crippen LogP contribution is -2.38. The molecule has 5 nitrogen and oxygen atoms in total. The molecule has 1 N–H and O–H groups in total. The van der Waals surface area contributed by atoms with Gasteiger partial charge in [0, 0.05) is 24.5 Å². The molecule has 0 radical (unpaired) electrons. The molecule has 1 aliphatic heterocycles. The lowest BCUT2D eigenvalue weighted by molar-refractivity contribution is -0.0327. The summed E-state index contributed by atoms with van der Waals surface area (Å²) >= 11 is 0. The largest absolute Gasteiger partial charge is 0.368 e. The van der Waals surface area contributed by atoms with Crippen LogP contribution in [0, 0.1) is 13.8 Å². The second-order valence-electron chi connectivity index (χ2n) is 5.59. The first-order valence-electron chi connectivity index (χ1n) is 8.04. The van der Waals surface area contributed by atoms with Gasteiger partial charge in [0.05, 0.1) is 6.61 Å². The minimum Gasteiger partial charge on any atom is -0.368 e. The van der Waals surface area contributed by atoms with Gasteiger partial charge in [0.2, 0.25) is 0 Å². The van der Waals surface area contributed by atoms with Gasteiger partial charge >= 0.3 is 0 Å². The molecule has 5 heteroatoms. The fourth-order valence-electron chi connectivity index (χ4n) is 2.81. The van der Waals surface area contributed by atoms with Crippen molar-refractivity contribution in [2.45, 2.75) is 40.2 Å². The molecule has 1 fully saturated rings. The van der Waals surface area contributed by atoms with Crippen molar-refractivity contribution in [2.75, 3.05) is 39.3 Å². The smallest absolute Gasteiger partial charge is 0.158 e. The van der Waals surface area contributed by atoms with E-state index in [4.69, 9.17) is 14.7 Å². The highest BCUT2D eigenvalue weighted by atomic mass is 16.5. The Morgan fingerprint density at radius 1 is 1.24 bits per heavy atom. The summed E-state index contributed by atoms with van der Waals surface area (Å²) in [5, 5.41) is 3.36. The number of rotatable bonds is 6. The Labute approximate surface area is 128 Å². The fraction of sp³-hybridized carbons (Fsp3) is 0.750. The van der Waals surface area contributed by atoms with Crippen molar-refractivity contribution < 1.29 is 4.74 Å². The van der Waals surface area contributed by atoms with Crippen molar-refractivity contribution in [3.8, 4) is 0 Å². The van der Waals surface area contributed by atoms with Gasteiger partial charge in [-0.15, -0.1) is 0 Å². The van der Waals surface area contributed by atoms with Gasteiger partial charge in [0.15, 0.2) is 5.82 Å². The number of nitrogens with one attached hydrogen (secondary N) is 1. The normalized spacial score (nSPS) is 19.9. The highest BCUT2D eigenvalue weighted by molar-refractivity contribution is 5.25. The van der Waals surface area contributed by atoms with E-state index in [1.807, 2.05) is 0 Å². The number of nitrogens with zero attached hydrogens (tertiary/aromatic N) is 3. The molecule has 0 spiro atoms. The average molecular weight is 292 g/mol. The van der Waals surface area contributed by atoms with E-state index in [1.54, 1.807) is 0 Å². The van der Waals surface area contributed by atoms with E-state index in [2.05, 4.69) is 37.9 Å². The molecule has 1 atom stereocenters. The van der Waals surface area contributed by atoms with E-state index in [0.29, 0.717) is 0 Å². The van der Waals surface area contributed by atoms with Gasteiger partial charge in [0.1, 0.15) is 6.10 Å². The maximum Gasteiger partial charge on any atom is 0.158 e. The predicted octanol–water partition coefficient (Wildman–Crippen LogP) is 1.64. The van der Waals surface area contributed by atoms with Crippen LogP contribution in [0.15, 0.2) is 0 Å². The third kappa shape index (κ3) is 4.22. The summed E-state index contributed by atoms with van der Waals surface area (Å²) in [5.74, 6) is 0.843. The lowest BCUT2D eigenvalue weighted by Gasteiger charge is -2.31. The molecule has 21 heavy (non-hydrogen) atoms. The van der Waals surface area contributed by atoms with Crippen molar-refractivity contribution in [3.05, 3.63) is 22.8 Å². The van der Waals surface area contributed by atoms with Crippen molar-refractivity contribution in [2.24, 2.45) is 0 Å². The van der Waals surface area contributed by atoms with E-state index in [-0.39, 0.29) is 6.10 Å². The number of morpholine rings is 1. The van der Waals surface area contributed by atoms with Crippen LogP contribution in [0.3, 0.4) is 0 Å². The molecule has 118 valence electrons. The first kappa shape index (κ1) is 16.3. The molecule has 1 unspecified atom stereocenters. The summed E-state index contributed by atoms with van der Waals surface area (Å²) in [6.07, 6.45) is 0.997. The third-order valence-corrected chi connectivity index (χ3v) is 4.13. The second kappa shape index (κ2) is 7.82. The Kier molecular flexibility index (Phi) is 6.08. The monoisotopic (exact) mass is 292 g/mol. The molecule has 0 aromatic carbocycles. The third-order valence-electron chi connectivity index (χ3n) is 4.13. The first-order valence-corrected chi connectivity index (χ1v) is 8.04. The van der Waals surface area contributed by atoms with E-state index < -0.39 is 0 Å². The van der Waals surface area contributed by atoms with Gasteiger partial charge in [-0.25, -0.2) is 9.97 Å². The van der Waals surface area contributed by atoms with E-state index in [0.717, 1.165) is 63.0 Å². The number of ether oxygens (including phenoxy) is 1. The van der Waals surface area contributed by atoms with Gasteiger partial charge in [0.25, 0.3) is 0 Å². The van der Waals surface area contributed by atoms with Crippen LogP contribution in [-0.4, -0.2) is 54.2 Å². The Balaban J connectivity index is 2.11. The molecule has 1 aromatic heterocycles. The molecule has 1 aliphatic rings. The summed E-state index contributed by atoms with van der Waals surface area (Å²) in [4.78, 5) is 11.8. The molecule has 0 bridgehead atoms. The fourth-order valence-corrected chi connectivity index (χ4v) is 2.81. The summed E-state index contributed by atoms with van der Waals surface area (Å²) in [5.41, 5.74) is 3.45. The molecule has 2 rings (SSSR count). The van der Waals surface area contributed by atoms with Gasteiger partial charge in [-0.1, -0.05) is 13.8 Å². The van der Waals surface area contributed by atoms with Crippen LogP contribution in [0.1, 0.15) is 42.7 Å². The van der Waals surface area contributed by atoms with Crippen molar-refractivity contribution in [3.63, 3.8) is 0 Å². The van der Waals surface area contributed by atoms with Crippen molar-refractivity contribution >= 4 is 0 Å². The van der Waals surface area contributed by atoms with Crippen LogP contribution in [0.5, 0.6) is 0 Å². The predicted molar refractivity (Wildman–Crippen MR) is 84.6 cm³/mol. The van der Waals surface area contributed by atoms with Crippen molar-refractivity contribution in [1.82, 2.24) is 20.2 Å². The molecule has 2 heterocycles. The molecule has 0 aliphatic carbocycles. The zero-order valence-corrected chi connectivity index (χ0v) is 13.8. The molecule has 1 saturated heterocycles. The minimum atomic E-state index is 0.0129. The number of hydrogen-bond acceptors (Lipinski definition) is 5. The van der Waals surface area contributed by atoms with Crippen LogP contribution in [0.25, 0.3) is 0 Å². The summed E-state index contributed by atoms with van der Waals surface area (Å²) in [7, 11) is 0. The first-order chi connectivity index (χ1) is 10.2. The van der Waals surface area contributed by atoms with Crippen LogP contribution in [0.2, 0.25) is 0 Å². The summed E-state index contributed by atoms with van der Waals surface area (Å²) in [6, 6.07) is 0. The minimum absolute atomic E-state index is 0.0129. The quantitative estimate of drug-likeness (QED) is 0.808. The average Bonchev–Trinajstić information content (AvgIpc) is 2.50. The van der Waals surface area contributed by atoms with E-state index >= 15 is 0 Å². The van der Waals surface area contributed by atoms with Crippen LogP contribution < -0.4 is 5.32 Å². The number of likely N-dealkylation sites (N-methyl/N-ethyl adjacent to an activating group) is 2. The molecule has 0 saturated carbocycles. The topological polar surface area (TPSA) is 50.3 Å². The van der Waals surface area contributed by atoms with Crippen LogP contribution in [0.4, 0.5) is 0 Å². The SMILES string of the molecule is CCNCCc1c(C)nc(C2CN(CC)CCO2)nc1C. The zero-order valence-electron chi connectivity index (χ0n) is 13.8.